The van der Waals surface area contributed by atoms with E-state index < -0.39 is 5.91 Å². The van der Waals surface area contributed by atoms with Crippen LogP contribution >= 0.6 is 0 Å². The maximum absolute atomic E-state index is 12.4. The van der Waals surface area contributed by atoms with Crippen molar-refractivity contribution < 1.29 is 9.59 Å². The molecule has 1 heterocycles. The molecule has 0 aliphatic heterocycles. The van der Waals surface area contributed by atoms with Crippen molar-refractivity contribution in [1.82, 2.24) is 10.3 Å². The summed E-state index contributed by atoms with van der Waals surface area (Å²) in [5.74, 6) is -0.786. The number of carbonyl (C=O) groups is 2. The molecule has 0 atom stereocenters. The summed E-state index contributed by atoms with van der Waals surface area (Å²) in [6.45, 7) is 2.38. The molecule has 6 nitrogen and oxygen atoms in total. The lowest BCUT2D eigenvalue weighted by atomic mass is 10.1. The zero-order chi connectivity index (χ0) is 19.9. The lowest BCUT2D eigenvalue weighted by molar-refractivity contribution is 0.0945. The summed E-state index contributed by atoms with van der Waals surface area (Å²) in [7, 11) is 0. The molecule has 138 valence electrons. The minimum Gasteiger partial charge on any atom is -0.347 e. The van der Waals surface area contributed by atoms with Crippen molar-refractivity contribution in [2.75, 3.05) is 5.32 Å². The highest BCUT2D eigenvalue weighted by atomic mass is 16.2. The molecule has 1 aromatic heterocycles. The fraction of sp³-hybridized carbons (Fsp3) is 0.0909. The second-order valence-electron chi connectivity index (χ2n) is 6.22. The molecule has 2 N–H and O–H groups in total. The molecular weight excluding hydrogens is 352 g/mol. The third-order valence-electron chi connectivity index (χ3n) is 4.06. The van der Waals surface area contributed by atoms with Crippen LogP contribution in [0.1, 0.15) is 37.7 Å². The van der Waals surface area contributed by atoms with Crippen molar-refractivity contribution in [3.8, 4) is 6.07 Å². The first kappa shape index (κ1) is 18.8. The zero-order valence-corrected chi connectivity index (χ0v) is 15.3. The molecule has 0 saturated heterocycles. The van der Waals surface area contributed by atoms with Gasteiger partial charge in [0.25, 0.3) is 11.8 Å². The molecule has 2 aromatic carbocycles. The monoisotopic (exact) mass is 370 g/mol. The second kappa shape index (κ2) is 8.60. The number of carbonyl (C=O) groups excluding carboxylic acids is 2. The Balaban J connectivity index is 1.65. The quantitative estimate of drug-likeness (QED) is 0.719. The van der Waals surface area contributed by atoms with Gasteiger partial charge in [0.2, 0.25) is 0 Å². The Morgan fingerprint density at radius 2 is 1.57 bits per heavy atom. The van der Waals surface area contributed by atoms with Gasteiger partial charge in [-0.15, -0.1) is 0 Å². The summed E-state index contributed by atoms with van der Waals surface area (Å²) in [5.41, 5.74) is 3.47. The number of nitrogens with one attached hydrogen (secondary N) is 2. The fourth-order valence-electron chi connectivity index (χ4n) is 2.49. The Bertz CT molecular complexity index is 1040. The highest BCUT2D eigenvalue weighted by Gasteiger charge is 2.12. The van der Waals surface area contributed by atoms with Gasteiger partial charge in [0.15, 0.2) is 0 Å². The molecule has 0 spiro atoms. The van der Waals surface area contributed by atoms with Crippen LogP contribution in [0.4, 0.5) is 5.69 Å². The number of hydrogen-bond donors (Lipinski definition) is 2. The molecule has 2 amide bonds. The van der Waals surface area contributed by atoms with Crippen LogP contribution in [0.3, 0.4) is 0 Å². The number of aromatic nitrogens is 1. The van der Waals surface area contributed by atoms with Crippen molar-refractivity contribution in [1.29, 1.82) is 5.26 Å². The molecule has 0 aliphatic rings. The molecule has 0 saturated carbocycles. The number of pyridine rings is 1. The van der Waals surface area contributed by atoms with Gasteiger partial charge in [0.05, 0.1) is 11.6 Å². The van der Waals surface area contributed by atoms with Crippen LogP contribution in [0.5, 0.6) is 0 Å². The number of benzene rings is 2. The zero-order valence-electron chi connectivity index (χ0n) is 15.3. The molecule has 6 heteroatoms. The summed E-state index contributed by atoms with van der Waals surface area (Å²) in [5, 5.41) is 14.3. The Labute approximate surface area is 162 Å². The number of hydrogen-bond acceptors (Lipinski definition) is 4. The summed E-state index contributed by atoms with van der Waals surface area (Å²) in [6.07, 6.45) is 0. The fourth-order valence-corrected chi connectivity index (χ4v) is 2.49. The minimum absolute atomic E-state index is 0.132. The van der Waals surface area contributed by atoms with E-state index in [1.807, 2.05) is 37.3 Å². The van der Waals surface area contributed by atoms with E-state index in [0.29, 0.717) is 17.8 Å². The van der Waals surface area contributed by atoms with E-state index >= 15 is 0 Å². The van der Waals surface area contributed by atoms with E-state index in [1.54, 1.807) is 36.4 Å². The third-order valence-corrected chi connectivity index (χ3v) is 4.06. The molecule has 0 unspecified atom stereocenters. The van der Waals surface area contributed by atoms with E-state index in [2.05, 4.69) is 15.6 Å². The number of rotatable bonds is 5. The van der Waals surface area contributed by atoms with E-state index in [-0.39, 0.29) is 17.3 Å². The molecule has 0 bridgehead atoms. The average molecular weight is 370 g/mol. The predicted molar refractivity (Wildman–Crippen MR) is 106 cm³/mol. The maximum atomic E-state index is 12.4. The topological polar surface area (TPSA) is 94.9 Å². The number of aryl methyl sites for hydroxylation is 1. The van der Waals surface area contributed by atoms with Crippen molar-refractivity contribution >= 4 is 17.5 Å². The lowest BCUT2D eigenvalue weighted by Crippen LogP contribution is -2.25. The Kier molecular flexibility index (Phi) is 5.78. The molecule has 0 aliphatic carbocycles. The second-order valence-corrected chi connectivity index (χ2v) is 6.22. The SMILES string of the molecule is Cc1ccc(CNC(=O)c2cccc(C(=O)Nc3ccc(C#N)cc3)n2)cc1. The average Bonchev–Trinajstić information content (AvgIpc) is 2.73. The number of amides is 2. The first-order valence-electron chi connectivity index (χ1n) is 8.67. The predicted octanol–water partition coefficient (Wildman–Crippen LogP) is 3.44. The Morgan fingerprint density at radius 3 is 2.21 bits per heavy atom. The highest BCUT2D eigenvalue weighted by molar-refractivity contribution is 6.03. The number of nitriles is 1. The van der Waals surface area contributed by atoms with E-state index in [9.17, 15) is 9.59 Å². The highest BCUT2D eigenvalue weighted by Crippen LogP contribution is 2.11. The van der Waals surface area contributed by atoms with E-state index in [1.165, 1.54) is 6.07 Å². The maximum Gasteiger partial charge on any atom is 0.274 e. The van der Waals surface area contributed by atoms with Crippen molar-refractivity contribution in [3.05, 3.63) is 94.8 Å². The molecule has 0 fully saturated rings. The smallest absolute Gasteiger partial charge is 0.274 e. The van der Waals surface area contributed by atoms with Crippen LogP contribution in [-0.2, 0) is 6.54 Å². The van der Waals surface area contributed by atoms with Gasteiger partial charge in [0.1, 0.15) is 11.4 Å². The van der Waals surface area contributed by atoms with Crippen LogP contribution in [-0.4, -0.2) is 16.8 Å². The van der Waals surface area contributed by atoms with E-state index in [0.717, 1.165) is 11.1 Å². The van der Waals surface area contributed by atoms with Crippen LogP contribution in [0.25, 0.3) is 0 Å². The third kappa shape index (κ3) is 4.80. The minimum atomic E-state index is -0.433. The lowest BCUT2D eigenvalue weighted by Gasteiger charge is -2.08. The largest absolute Gasteiger partial charge is 0.347 e. The van der Waals surface area contributed by atoms with Crippen molar-refractivity contribution in [2.45, 2.75) is 13.5 Å². The van der Waals surface area contributed by atoms with Gasteiger partial charge in [-0.3, -0.25) is 9.59 Å². The van der Waals surface area contributed by atoms with Crippen molar-refractivity contribution in [3.63, 3.8) is 0 Å². The van der Waals surface area contributed by atoms with Gasteiger partial charge in [-0.05, 0) is 48.9 Å². The summed E-state index contributed by atoms with van der Waals surface area (Å²) in [6, 6.07) is 21.1. The normalized spacial score (nSPS) is 10.0. The standard InChI is InChI=1S/C22H18N4O2/c1-15-5-7-17(8-6-15)14-24-21(27)19-3-2-4-20(26-19)22(28)25-18-11-9-16(13-23)10-12-18/h2-12H,14H2,1H3,(H,24,27)(H,25,28). The molecule has 28 heavy (non-hydrogen) atoms. The van der Waals surface area contributed by atoms with Gasteiger partial charge in [-0.2, -0.15) is 5.26 Å². The molecular formula is C22H18N4O2. The summed E-state index contributed by atoms with van der Waals surface area (Å²) < 4.78 is 0. The van der Waals surface area contributed by atoms with Gasteiger partial charge in [0, 0.05) is 12.2 Å². The number of nitrogens with zero attached hydrogens (tertiary/aromatic N) is 2. The van der Waals surface area contributed by atoms with Crippen LogP contribution in [0.15, 0.2) is 66.7 Å². The first-order valence-corrected chi connectivity index (χ1v) is 8.67. The van der Waals surface area contributed by atoms with Crippen LogP contribution in [0, 0.1) is 18.3 Å². The summed E-state index contributed by atoms with van der Waals surface area (Å²) in [4.78, 5) is 28.9. The van der Waals surface area contributed by atoms with E-state index in [4.69, 9.17) is 5.26 Å². The van der Waals surface area contributed by atoms with Gasteiger partial charge in [-0.1, -0.05) is 35.9 Å². The van der Waals surface area contributed by atoms with Crippen molar-refractivity contribution in [2.24, 2.45) is 0 Å². The van der Waals surface area contributed by atoms with Gasteiger partial charge < -0.3 is 10.6 Å². The summed E-state index contributed by atoms with van der Waals surface area (Å²) >= 11 is 0. The van der Waals surface area contributed by atoms with Crippen LogP contribution in [0.2, 0.25) is 0 Å². The molecule has 3 aromatic rings. The van der Waals surface area contributed by atoms with Gasteiger partial charge >= 0.3 is 0 Å². The number of anilines is 1. The first-order chi connectivity index (χ1) is 13.5. The molecule has 3 rings (SSSR count). The molecule has 0 radical (unpaired) electrons. The van der Waals surface area contributed by atoms with Crippen LogP contribution < -0.4 is 10.6 Å². The van der Waals surface area contributed by atoms with Gasteiger partial charge in [-0.25, -0.2) is 4.98 Å². The Morgan fingerprint density at radius 1 is 0.929 bits per heavy atom. The Hall–Kier alpha value is -3.98.